The Balaban J connectivity index is 2.57. The molecule has 94 valence electrons. The Morgan fingerprint density at radius 2 is 2.35 bits per heavy atom. The molecule has 0 unspecified atom stereocenters. The molecule has 1 rings (SSSR count). The van der Waals surface area contributed by atoms with Crippen molar-refractivity contribution in [3.8, 4) is 5.88 Å². The first kappa shape index (κ1) is 13.2. The maximum atomic E-state index is 5.37. The molecule has 6 nitrogen and oxygen atoms in total. The zero-order valence-corrected chi connectivity index (χ0v) is 10.2. The number of nitrogens with zero attached hydrogens (tertiary/aromatic N) is 2. The minimum atomic E-state index is 0.533. The number of aromatic nitrogens is 1. The van der Waals surface area contributed by atoms with Crippen molar-refractivity contribution < 1.29 is 4.74 Å². The number of nitrogens with two attached hydrogens (primary N) is 1. The van der Waals surface area contributed by atoms with Crippen LogP contribution in [0.25, 0.3) is 0 Å². The minimum Gasteiger partial charge on any atom is -0.481 e. The Morgan fingerprint density at radius 1 is 1.53 bits per heavy atom. The maximum absolute atomic E-state index is 5.37. The van der Waals surface area contributed by atoms with Crippen LogP contribution in [0, 0.1) is 0 Å². The van der Waals surface area contributed by atoms with Crippen LogP contribution in [0.1, 0.15) is 19.8 Å². The van der Waals surface area contributed by atoms with Gasteiger partial charge in [0.15, 0.2) is 0 Å². The van der Waals surface area contributed by atoms with Gasteiger partial charge in [0.25, 0.3) is 0 Å². The second-order valence-corrected chi connectivity index (χ2v) is 3.44. The van der Waals surface area contributed by atoms with Gasteiger partial charge in [-0.25, -0.2) is 10.8 Å². The molecule has 0 aliphatic carbocycles. The Hall–Kier alpha value is -1.82. The first-order valence-electron chi connectivity index (χ1n) is 5.58. The fraction of sp³-hybridized carbons (Fsp3) is 0.455. The summed E-state index contributed by atoms with van der Waals surface area (Å²) < 4.78 is 4.97. The Kier molecular flexibility index (Phi) is 5.81. The van der Waals surface area contributed by atoms with E-state index in [1.807, 2.05) is 6.07 Å². The average molecular weight is 237 g/mol. The van der Waals surface area contributed by atoms with E-state index in [0.29, 0.717) is 11.8 Å². The lowest BCUT2D eigenvalue weighted by Gasteiger charge is -2.09. The van der Waals surface area contributed by atoms with Crippen molar-refractivity contribution in [2.75, 3.05) is 19.0 Å². The van der Waals surface area contributed by atoms with Crippen LogP contribution in [0.2, 0.25) is 0 Å². The van der Waals surface area contributed by atoms with Crippen LogP contribution in [0.5, 0.6) is 5.88 Å². The largest absolute Gasteiger partial charge is 0.481 e. The lowest BCUT2D eigenvalue weighted by Crippen LogP contribution is -2.36. The van der Waals surface area contributed by atoms with Gasteiger partial charge in [-0.2, -0.15) is 0 Å². The van der Waals surface area contributed by atoms with Crippen molar-refractivity contribution in [3.63, 3.8) is 0 Å². The first-order chi connectivity index (χ1) is 8.30. The van der Waals surface area contributed by atoms with E-state index in [4.69, 9.17) is 10.6 Å². The van der Waals surface area contributed by atoms with Gasteiger partial charge in [0.2, 0.25) is 11.8 Å². The molecular formula is C11H19N5O. The molecule has 0 spiro atoms. The van der Waals surface area contributed by atoms with Crippen LogP contribution < -0.4 is 21.3 Å². The third-order valence-corrected chi connectivity index (χ3v) is 2.13. The van der Waals surface area contributed by atoms with Crippen molar-refractivity contribution in [2.45, 2.75) is 19.8 Å². The molecular weight excluding hydrogens is 218 g/mol. The number of rotatable bonds is 5. The molecule has 6 heteroatoms. The Bertz CT molecular complexity index is 349. The molecule has 17 heavy (non-hydrogen) atoms. The molecule has 0 aromatic carbocycles. The number of hydrazine groups is 1. The van der Waals surface area contributed by atoms with Crippen LogP contribution in [-0.4, -0.2) is 24.6 Å². The van der Waals surface area contributed by atoms with Crippen LogP contribution in [0.15, 0.2) is 23.3 Å². The quantitative estimate of drug-likeness (QED) is 0.235. The van der Waals surface area contributed by atoms with E-state index in [1.165, 1.54) is 0 Å². The molecule has 0 aliphatic heterocycles. The summed E-state index contributed by atoms with van der Waals surface area (Å²) in [6.07, 6.45) is 3.80. The summed E-state index contributed by atoms with van der Waals surface area (Å²) in [4.78, 5) is 8.35. The van der Waals surface area contributed by atoms with Crippen molar-refractivity contribution in [2.24, 2.45) is 10.8 Å². The normalized spacial score (nSPS) is 11.1. The van der Waals surface area contributed by atoms with Crippen molar-refractivity contribution in [1.29, 1.82) is 0 Å². The monoisotopic (exact) mass is 237 g/mol. The summed E-state index contributed by atoms with van der Waals surface area (Å²) in [6.45, 7) is 2.86. The second-order valence-electron chi connectivity index (χ2n) is 3.44. The highest BCUT2D eigenvalue weighted by Crippen LogP contribution is 2.10. The summed E-state index contributed by atoms with van der Waals surface area (Å²) in [5.74, 6) is 6.47. The lowest BCUT2D eigenvalue weighted by atomic mass is 10.3. The van der Waals surface area contributed by atoms with Gasteiger partial charge in [-0.05, 0) is 12.5 Å². The Morgan fingerprint density at radius 3 is 2.88 bits per heavy atom. The van der Waals surface area contributed by atoms with Gasteiger partial charge in [0, 0.05) is 12.6 Å². The molecule has 1 aromatic heterocycles. The lowest BCUT2D eigenvalue weighted by molar-refractivity contribution is 0.398. The number of pyridine rings is 1. The molecule has 0 radical (unpaired) electrons. The number of aliphatic imine (C=N–C) groups is 1. The summed E-state index contributed by atoms with van der Waals surface area (Å²) in [7, 11) is 1.58. The smallest absolute Gasteiger partial charge is 0.213 e. The zero-order chi connectivity index (χ0) is 12.5. The van der Waals surface area contributed by atoms with Gasteiger partial charge in [-0.1, -0.05) is 13.3 Å². The maximum Gasteiger partial charge on any atom is 0.213 e. The van der Waals surface area contributed by atoms with Crippen LogP contribution in [0.3, 0.4) is 0 Å². The third-order valence-electron chi connectivity index (χ3n) is 2.13. The molecule has 1 aromatic rings. The molecule has 1 heterocycles. The summed E-state index contributed by atoms with van der Waals surface area (Å²) >= 11 is 0. The molecule has 0 aliphatic rings. The number of hydrogen-bond acceptors (Lipinski definition) is 4. The van der Waals surface area contributed by atoms with E-state index >= 15 is 0 Å². The average Bonchev–Trinajstić information content (AvgIpc) is 2.38. The highest BCUT2D eigenvalue weighted by molar-refractivity contribution is 5.93. The SMILES string of the molecule is CCCCN=C(NN)Nc1ccc(OC)nc1. The van der Waals surface area contributed by atoms with Crippen molar-refractivity contribution >= 4 is 11.6 Å². The van der Waals surface area contributed by atoms with E-state index in [2.05, 4.69) is 27.6 Å². The molecule has 0 saturated heterocycles. The summed E-state index contributed by atoms with van der Waals surface area (Å²) in [5, 5.41) is 3.03. The zero-order valence-electron chi connectivity index (χ0n) is 10.2. The number of guanidine groups is 1. The molecule has 0 bridgehead atoms. The molecule has 0 amide bonds. The minimum absolute atomic E-state index is 0.533. The van der Waals surface area contributed by atoms with E-state index in [9.17, 15) is 0 Å². The summed E-state index contributed by atoms with van der Waals surface area (Å²) in [6, 6.07) is 3.61. The number of anilines is 1. The highest BCUT2D eigenvalue weighted by atomic mass is 16.5. The predicted octanol–water partition coefficient (Wildman–Crippen LogP) is 1.12. The summed E-state index contributed by atoms with van der Waals surface area (Å²) in [5.41, 5.74) is 3.32. The van der Waals surface area contributed by atoms with E-state index < -0.39 is 0 Å². The van der Waals surface area contributed by atoms with E-state index in [-0.39, 0.29) is 0 Å². The van der Waals surface area contributed by atoms with Gasteiger partial charge in [0.05, 0.1) is 19.0 Å². The Labute approximate surface area is 101 Å². The van der Waals surface area contributed by atoms with Gasteiger partial charge < -0.3 is 10.1 Å². The number of nitrogens with one attached hydrogen (secondary N) is 2. The topological polar surface area (TPSA) is 84.6 Å². The van der Waals surface area contributed by atoms with E-state index in [1.54, 1.807) is 19.4 Å². The number of hydrogen-bond donors (Lipinski definition) is 3. The standard InChI is InChI=1S/C11H19N5O/c1-3-4-7-13-11(16-12)15-9-5-6-10(17-2)14-8-9/h5-6,8H,3-4,7,12H2,1-2H3,(H2,13,15,16). The molecule has 0 atom stereocenters. The van der Waals surface area contributed by atoms with Crippen LogP contribution >= 0.6 is 0 Å². The third kappa shape index (κ3) is 4.69. The number of methoxy groups -OCH3 is 1. The van der Waals surface area contributed by atoms with Gasteiger partial charge >= 0.3 is 0 Å². The van der Waals surface area contributed by atoms with Crippen molar-refractivity contribution in [1.82, 2.24) is 10.4 Å². The molecule has 0 saturated carbocycles. The van der Waals surface area contributed by atoms with Crippen LogP contribution in [0.4, 0.5) is 5.69 Å². The first-order valence-corrected chi connectivity index (χ1v) is 5.58. The number of unbranched alkanes of at least 4 members (excludes halogenated alkanes) is 1. The number of ether oxygens (including phenoxy) is 1. The van der Waals surface area contributed by atoms with Gasteiger partial charge in [-0.15, -0.1) is 0 Å². The molecule has 4 N–H and O–H groups in total. The second kappa shape index (κ2) is 7.45. The predicted molar refractivity (Wildman–Crippen MR) is 68.9 cm³/mol. The van der Waals surface area contributed by atoms with Gasteiger partial charge in [-0.3, -0.25) is 10.4 Å². The fourth-order valence-electron chi connectivity index (χ4n) is 1.18. The van der Waals surface area contributed by atoms with E-state index in [0.717, 1.165) is 25.1 Å². The highest BCUT2D eigenvalue weighted by Gasteiger charge is 1.98. The van der Waals surface area contributed by atoms with Crippen molar-refractivity contribution in [3.05, 3.63) is 18.3 Å². The fourth-order valence-corrected chi connectivity index (χ4v) is 1.18. The molecule has 0 fully saturated rings. The van der Waals surface area contributed by atoms with Crippen LogP contribution in [-0.2, 0) is 0 Å². The van der Waals surface area contributed by atoms with Gasteiger partial charge in [0.1, 0.15) is 0 Å².